The Morgan fingerprint density at radius 1 is 0.892 bits per heavy atom. The van der Waals surface area contributed by atoms with E-state index in [1.54, 1.807) is 36.4 Å². The molecule has 3 aromatic carbocycles. The number of aromatic nitrogens is 2. The number of hydrogen-bond acceptors (Lipinski definition) is 7. The Labute approximate surface area is 214 Å². The Morgan fingerprint density at radius 3 is 2.30 bits per heavy atom. The van der Waals surface area contributed by atoms with Gasteiger partial charge in [-0.05, 0) is 37.1 Å². The summed E-state index contributed by atoms with van der Waals surface area (Å²) in [6.45, 7) is 0.712. The van der Waals surface area contributed by atoms with Crippen LogP contribution in [-0.2, 0) is 4.79 Å². The van der Waals surface area contributed by atoms with Crippen LogP contribution in [0, 0.1) is 0 Å². The van der Waals surface area contributed by atoms with Crippen LogP contribution < -0.4 is 25.0 Å². The fourth-order valence-electron chi connectivity index (χ4n) is 4.61. The number of nitrogens with zero attached hydrogens (tertiary/aromatic N) is 3. The minimum Gasteiger partial charge on any atom is -0.494 e. The Balaban J connectivity index is 1.39. The molecule has 9 nitrogen and oxygen atoms in total. The van der Waals surface area contributed by atoms with Gasteiger partial charge in [0.1, 0.15) is 29.7 Å². The largest absolute Gasteiger partial charge is 0.494 e. The monoisotopic (exact) mass is 497 g/mol. The van der Waals surface area contributed by atoms with E-state index >= 15 is 0 Å². The van der Waals surface area contributed by atoms with E-state index in [4.69, 9.17) is 9.47 Å². The van der Waals surface area contributed by atoms with E-state index in [-0.39, 0.29) is 11.8 Å². The molecular weight excluding hydrogens is 470 g/mol. The molecule has 0 spiro atoms. The zero-order valence-electron chi connectivity index (χ0n) is 20.6. The van der Waals surface area contributed by atoms with Crippen molar-refractivity contribution in [2.75, 3.05) is 36.3 Å². The maximum Gasteiger partial charge on any atom is 0.255 e. The van der Waals surface area contributed by atoms with Crippen molar-refractivity contribution in [3.05, 3.63) is 78.6 Å². The van der Waals surface area contributed by atoms with Crippen molar-refractivity contribution in [1.82, 2.24) is 9.97 Å². The highest BCUT2D eigenvalue weighted by Crippen LogP contribution is 2.37. The molecule has 0 saturated carbocycles. The number of anilines is 3. The van der Waals surface area contributed by atoms with Gasteiger partial charge in [-0.15, -0.1) is 0 Å². The van der Waals surface area contributed by atoms with E-state index in [9.17, 15) is 9.59 Å². The fraction of sp³-hybridized carbons (Fsp3) is 0.214. The lowest BCUT2D eigenvalue weighted by Gasteiger charge is -2.26. The number of para-hydroxylation sites is 1. The first-order valence-corrected chi connectivity index (χ1v) is 12.0. The second kappa shape index (κ2) is 10.5. The molecule has 1 saturated heterocycles. The summed E-state index contributed by atoms with van der Waals surface area (Å²) in [5.74, 6) is 1.07. The van der Waals surface area contributed by atoms with Gasteiger partial charge < -0.3 is 25.0 Å². The van der Waals surface area contributed by atoms with E-state index in [1.807, 2.05) is 35.2 Å². The molecule has 0 unspecified atom stereocenters. The topological polar surface area (TPSA) is 106 Å². The molecule has 1 fully saturated rings. The van der Waals surface area contributed by atoms with E-state index in [2.05, 4.69) is 20.6 Å². The average molecular weight is 498 g/mol. The lowest BCUT2D eigenvalue weighted by molar-refractivity contribution is -0.117. The molecule has 188 valence electrons. The summed E-state index contributed by atoms with van der Waals surface area (Å²) in [5, 5.41) is 6.76. The number of nitrogens with one attached hydrogen (secondary N) is 2. The molecule has 2 heterocycles. The van der Waals surface area contributed by atoms with E-state index in [0.29, 0.717) is 41.4 Å². The molecule has 1 atom stereocenters. The van der Waals surface area contributed by atoms with Crippen LogP contribution in [0.4, 0.5) is 17.2 Å². The number of fused-ring (bicyclic) bond motifs is 1. The Kier molecular flexibility index (Phi) is 6.85. The summed E-state index contributed by atoms with van der Waals surface area (Å²) in [5.41, 5.74) is 2.22. The highest BCUT2D eigenvalue weighted by Gasteiger charge is 2.33. The summed E-state index contributed by atoms with van der Waals surface area (Å²) in [6.07, 6.45) is 3.08. The van der Waals surface area contributed by atoms with Gasteiger partial charge in [-0.25, -0.2) is 9.97 Å². The number of ether oxygens (including phenoxy) is 2. The van der Waals surface area contributed by atoms with Gasteiger partial charge in [0.2, 0.25) is 5.91 Å². The molecule has 2 amide bonds. The Morgan fingerprint density at radius 2 is 1.57 bits per heavy atom. The van der Waals surface area contributed by atoms with Crippen molar-refractivity contribution in [1.29, 1.82) is 0 Å². The summed E-state index contributed by atoms with van der Waals surface area (Å²) in [6, 6.07) is 19.5. The van der Waals surface area contributed by atoms with Crippen LogP contribution in [0.15, 0.2) is 73.1 Å². The molecule has 0 aliphatic carbocycles. The molecule has 4 aromatic rings. The summed E-state index contributed by atoms with van der Waals surface area (Å²) < 4.78 is 11.1. The standard InChI is InChI=1S/C28H27N5O4/c1-36-24-16-22(25(37-2)15-21(24)31-27(34)18-9-4-3-5-10-18)32-28(35)23-13-8-14-33(23)26-19-11-6-7-12-20(19)29-17-30-26/h3-7,9-12,15-17,23H,8,13-14H2,1-2H3,(H,31,34)(H,32,35)/t23-/m0/s1. The third-order valence-corrected chi connectivity index (χ3v) is 6.41. The van der Waals surface area contributed by atoms with Crippen LogP contribution in [-0.4, -0.2) is 48.6 Å². The van der Waals surface area contributed by atoms with Crippen LogP contribution in [0.25, 0.3) is 10.9 Å². The molecule has 5 rings (SSSR count). The lowest BCUT2D eigenvalue weighted by Crippen LogP contribution is -2.40. The van der Waals surface area contributed by atoms with Gasteiger partial charge in [0.15, 0.2) is 0 Å². The van der Waals surface area contributed by atoms with Crippen LogP contribution in [0.2, 0.25) is 0 Å². The van der Waals surface area contributed by atoms with Gasteiger partial charge in [-0.3, -0.25) is 9.59 Å². The molecule has 0 radical (unpaired) electrons. The zero-order valence-corrected chi connectivity index (χ0v) is 20.6. The molecule has 37 heavy (non-hydrogen) atoms. The lowest BCUT2D eigenvalue weighted by atomic mass is 10.1. The maximum absolute atomic E-state index is 13.5. The van der Waals surface area contributed by atoms with Crippen molar-refractivity contribution in [3.8, 4) is 11.5 Å². The first-order chi connectivity index (χ1) is 18.1. The van der Waals surface area contributed by atoms with Crippen molar-refractivity contribution >= 4 is 39.9 Å². The predicted octanol–water partition coefficient (Wildman–Crippen LogP) is 4.51. The van der Waals surface area contributed by atoms with E-state index in [1.165, 1.54) is 20.5 Å². The van der Waals surface area contributed by atoms with Crippen LogP contribution in [0.1, 0.15) is 23.2 Å². The summed E-state index contributed by atoms with van der Waals surface area (Å²) >= 11 is 0. The molecule has 2 N–H and O–H groups in total. The second-order valence-electron chi connectivity index (χ2n) is 8.63. The highest BCUT2D eigenvalue weighted by atomic mass is 16.5. The quantitative estimate of drug-likeness (QED) is 0.387. The number of rotatable bonds is 7. The molecule has 9 heteroatoms. The van der Waals surface area contributed by atoms with Gasteiger partial charge in [0, 0.05) is 29.6 Å². The van der Waals surface area contributed by atoms with Gasteiger partial charge in [-0.2, -0.15) is 0 Å². The molecule has 1 aliphatic rings. The number of methoxy groups -OCH3 is 2. The SMILES string of the molecule is COc1cc(NC(=O)[C@@H]2CCCN2c2ncnc3ccccc23)c(OC)cc1NC(=O)c1ccccc1. The van der Waals surface area contributed by atoms with Gasteiger partial charge >= 0.3 is 0 Å². The van der Waals surface area contributed by atoms with Crippen LogP contribution in [0.3, 0.4) is 0 Å². The normalized spacial score (nSPS) is 14.9. The molecular formula is C28H27N5O4. The van der Waals surface area contributed by atoms with Crippen molar-refractivity contribution in [2.24, 2.45) is 0 Å². The van der Waals surface area contributed by atoms with Crippen molar-refractivity contribution < 1.29 is 19.1 Å². The van der Waals surface area contributed by atoms with Gasteiger partial charge in [0.05, 0.1) is 31.1 Å². The van der Waals surface area contributed by atoms with Crippen LogP contribution >= 0.6 is 0 Å². The first-order valence-electron chi connectivity index (χ1n) is 12.0. The first kappa shape index (κ1) is 24.1. The fourth-order valence-corrected chi connectivity index (χ4v) is 4.61. The van der Waals surface area contributed by atoms with Crippen LogP contribution in [0.5, 0.6) is 11.5 Å². The minimum absolute atomic E-state index is 0.179. The van der Waals surface area contributed by atoms with E-state index in [0.717, 1.165) is 23.1 Å². The van der Waals surface area contributed by atoms with E-state index < -0.39 is 6.04 Å². The summed E-state index contributed by atoms with van der Waals surface area (Å²) in [7, 11) is 3.01. The van der Waals surface area contributed by atoms with Crippen molar-refractivity contribution in [2.45, 2.75) is 18.9 Å². The minimum atomic E-state index is -0.411. The van der Waals surface area contributed by atoms with Crippen molar-refractivity contribution in [3.63, 3.8) is 0 Å². The smallest absolute Gasteiger partial charge is 0.255 e. The van der Waals surface area contributed by atoms with Gasteiger partial charge in [-0.1, -0.05) is 30.3 Å². The zero-order chi connectivity index (χ0) is 25.8. The number of hydrogen-bond donors (Lipinski definition) is 2. The number of amides is 2. The molecule has 0 bridgehead atoms. The average Bonchev–Trinajstić information content (AvgIpc) is 3.43. The second-order valence-corrected chi connectivity index (χ2v) is 8.63. The maximum atomic E-state index is 13.5. The highest BCUT2D eigenvalue weighted by molar-refractivity contribution is 6.06. The molecule has 1 aromatic heterocycles. The number of carbonyl (C=O) groups excluding carboxylic acids is 2. The van der Waals surface area contributed by atoms with Gasteiger partial charge in [0.25, 0.3) is 5.91 Å². The molecule has 1 aliphatic heterocycles. The third kappa shape index (κ3) is 4.88. The predicted molar refractivity (Wildman–Crippen MR) is 142 cm³/mol. The Hall–Kier alpha value is -4.66. The number of benzene rings is 3. The third-order valence-electron chi connectivity index (χ3n) is 6.41. The summed E-state index contributed by atoms with van der Waals surface area (Å²) in [4.78, 5) is 37.0. The Bertz CT molecular complexity index is 1440. The number of carbonyl (C=O) groups is 2.